The number of aromatic hydroxyl groups is 1. The van der Waals surface area contributed by atoms with E-state index < -0.39 is 0 Å². The van der Waals surface area contributed by atoms with Gasteiger partial charge in [-0.05, 0) is 25.0 Å². The van der Waals surface area contributed by atoms with Gasteiger partial charge in [0, 0.05) is 11.9 Å². The van der Waals surface area contributed by atoms with Gasteiger partial charge >= 0.3 is 0 Å². The second-order valence-electron chi connectivity index (χ2n) is 3.55. The number of halogens is 1. The fourth-order valence-electron chi connectivity index (χ4n) is 1.42. The molecule has 0 bridgehead atoms. The lowest BCUT2D eigenvalue weighted by atomic mass is 10.2. The van der Waals surface area contributed by atoms with Crippen LogP contribution in [0.25, 0.3) is 0 Å². The van der Waals surface area contributed by atoms with E-state index in [1.165, 1.54) is 19.3 Å². The summed E-state index contributed by atoms with van der Waals surface area (Å²) in [6.07, 6.45) is 4.91. The summed E-state index contributed by atoms with van der Waals surface area (Å²) < 4.78 is 0. The van der Waals surface area contributed by atoms with Crippen molar-refractivity contribution in [3.05, 3.63) is 24.3 Å². The summed E-state index contributed by atoms with van der Waals surface area (Å²) in [6.45, 7) is 0.930. The first kappa shape index (κ1) is 12.4. The maximum Gasteiger partial charge on any atom is 0.138 e. The van der Waals surface area contributed by atoms with Crippen molar-refractivity contribution in [2.45, 2.75) is 25.7 Å². The topological polar surface area (TPSA) is 32.3 Å². The van der Waals surface area contributed by atoms with Crippen LogP contribution in [0.5, 0.6) is 5.75 Å². The average Bonchev–Trinajstić information content (AvgIpc) is 2.25. The lowest BCUT2D eigenvalue weighted by molar-refractivity contribution is 0.477. The van der Waals surface area contributed by atoms with Crippen molar-refractivity contribution in [1.29, 1.82) is 0 Å². The summed E-state index contributed by atoms with van der Waals surface area (Å²) >= 11 is 3.42. The third kappa shape index (κ3) is 5.07. The van der Waals surface area contributed by atoms with Crippen LogP contribution in [0, 0.1) is 0 Å². The van der Waals surface area contributed by atoms with Gasteiger partial charge < -0.3 is 10.4 Å². The summed E-state index contributed by atoms with van der Waals surface area (Å²) in [6, 6.07) is 7.35. The molecule has 2 nitrogen and oxygen atoms in total. The number of anilines is 1. The Kier molecular flexibility index (Phi) is 6.25. The zero-order chi connectivity index (χ0) is 10.9. The molecule has 0 spiro atoms. The van der Waals surface area contributed by atoms with Crippen molar-refractivity contribution >= 4 is 21.6 Å². The Morgan fingerprint density at radius 1 is 1.07 bits per heavy atom. The quantitative estimate of drug-likeness (QED) is 0.450. The Labute approximate surface area is 99.8 Å². The number of benzene rings is 1. The van der Waals surface area contributed by atoms with Gasteiger partial charge in [0.2, 0.25) is 0 Å². The van der Waals surface area contributed by atoms with E-state index >= 15 is 0 Å². The number of unbranched alkanes of at least 4 members (excludes halogenated alkanes) is 3. The summed E-state index contributed by atoms with van der Waals surface area (Å²) in [5, 5.41) is 13.8. The molecule has 1 rings (SSSR count). The third-order valence-corrected chi connectivity index (χ3v) is 2.84. The zero-order valence-electron chi connectivity index (χ0n) is 8.88. The number of hydrogen-bond donors (Lipinski definition) is 2. The zero-order valence-corrected chi connectivity index (χ0v) is 10.5. The number of phenols is 1. The second kappa shape index (κ2) is 7.57. The fraction of sp³-hybridized carbons (Fsp3) is 0.500. The monoisotopic (exact) mass is 271 g/mol. The molecule has 0 radical (unpaired) electrons. The third-order valence-electron chi connectivity index (χ3n) is 2.28. The lowest BCUT2D eigenvalue weighted by Crippen LogP contribution is -2.01. The van der Waals surface area contributed by atoms with E-state index in [9.17, 15) is 5.11 Å². The highest BCUT2D eigenvalue weighted by Crippen LogP contribution is 2.21. The van der Waals surface area contributed by atoms with Crippen LogP contribution in [0.4, 0.5) is 5.69 Å². The smallest absolute Gasteiger partial charge is 0.138 e. The Hall–Kier alpha value is -0.700. The number of hydrogen-bond acceptors (Lipinski definition) is 2. The number of phenolic OH excluding ortho intramolecular Hbond substituents is 1. The molecule has 3 heteroatoms. The van der Waals surface area contributed by atoms with Gasteiger partial charge in [0.15, 0.2) is 0 Å². The number of alkyl halides is 1. The first-order valence-corrected chi connectivity index (χ1v) is 6.54. The highest BCUT2D eigenvalue weighted by molar-refractivity contribution is 9.09. The molecule has 0 unspecified atom stereocenters. The Bertz CT molecular complexity index is 278. The van der Waals surface area contributed by atoms with Crippen molar-refractivity contribution in [3.8, 4) is 5.75 Å². The molecule has 1 aromatic rings. The van der Waals surface area contributed by atoms with Crippen molar-refractivity contribution in [2.75, 3.05) is 17.2 Å². The van der Waals surface area contributed by atoms with E-state index in [1.54, 1.807) is 6.07 Å². The summed E-state index contributed by atoms with van der Waals surface area (Å²) in [7, 11) is 0. The highest BCUT2D eigenvalue weighted by atomic mass is 79.9. The van der Waals surface area contributed by atoms with Gasteiger partial charge in [0.05, 0.1) is 5.69 Å². The lowest BCUT2D eigenvalue weighted by Gasteiger charge is -2.07. The van der Waals surface area contributed by atoms with Gasteiger partial charge in [-0.25, -0.2) is 0 Å². The molecule has 0 aromatic heterocycles. The normalized spacial score (nSPS) is 10.2. The molecule has 0 aliphatic heterocycles. The van der Waals surface area contributed by atoms with Gasteiger partial charge in [0.25, 0.3) is 0 Å². The second-order valence-corrected chi connectivity index (χ2v) is 4.34. The molecule has 15 heavy (non-hydrogen) atoms. The minimum Gasteiger partial charge on any atom is -0.506 e. The standard InChI is InChI=1S/C12H18BrNO/c13-9-5-1-2-6-10-14-11-7-3-4-8-12(11)15/h3-4,7-8,14-15H,1-2,5-6,9-10H2. The maximum absolute atomic E-state index is 9.48. The van der Waals surface area contributed by atoms with Crippen LogP contribution in [0.1, 0.15) is 25.7 Å². The van der Waals surface area contributed by atoms with Gasteiger partial charge in [-0.15, -0.1) is 0 Å². The number of para-hydroxylation sites is 2. The molecular formula is C12H18BrNO. The molecule has 0 amide bonds. The van der Waals surface area contributed by atoms with E-state index in [1.807, 2.05) is 18.2 Å². The van der Waals surface area contributed by atoms with Crippen molar-refractivity contribution in [3.63, 3.8) is 0 Å². The van der Waals surface area contributed by atoms with Gasteiger partial charge in [0.1, 0.15) is 5.75 Å². The predicted molar refractivity (Wildman–Crippen MR) is 68.9 cm³/mol. The average molecular weight is 272 g/mol. The summed E-state index contributed by atoms with van der Waals surface area (Å²) in [4.78, 5) is 0. The van der Waals surface area contributed by atoms with Gasteiger partial charge in [-0.3, -0.25) is 0 Å². The molecule has 0 saturated carbocycles. The van der Waals surface area contributed by atoms with E-state index in [4.69, 9.17) is 0 Å². The Morgan fingerprint density at radius 3 is 2.53 bits per heavy atom. The number of nitrogens with one attached hydrogen (secondary N) is 1. The van der Waals surface area contributed by atoms with Gasteiger partial charge in [-0.2, -0.15) is 0 Å². The van der Waals surface area contributed by atoms with Crippen molar-refractivity contribution in [2.24, 2.45) is 0 Å². The van der Waals surface area contributed by atoms with Crippen molar-refractivity contribution < 1.29 is 5.11 Å². The minimum absolute atomic E-state index is 0.331. The van der Waals surface area contributed by atoms with E-state index in [2.05, 4.69) is 21.2 Å². The maximum atomic E-state index is 9.48. The minimum atomic E-state index is 0.331. The molecule has 0 heterocycles. The summed E-state index contributed by atoms with van der Waals surface area (Å²) in [5.41, 5.74) is 0.831. The molecule has 2 N–H and O–H groups in total. The predicted octanol–water partition coefficient (Wildman–Crippen LogP) is 3.76. The van der Waals surface area contributed by atoms with Crippen LogP contribution >= 0.6 is 15.9 Å². The van der Waals surface area contributed by atoms with Crippen molar-refractivity contribution in [1.82, 2.24) is 0 Å². The Balaban J connectivity index is 2.12. The van der Waals surface area contributed by atoms with Crippen LogP contribution in [0.2, 0.25) is 0 Å². The first-order valence-electron chi connectivity index (χ1n) is 5.42. The molecule has 0 saturated heterocycles. The first-order chi connectivity index (χ1) is 7.34. The summed E-state index contributed by atoms with van der Waals surface area (Å²) in [5.74, 6) is 0.331. The van der Waals surface area contributed by atoms with Crippen LogP contribution in [0.15, 0.2) is 24.3 Å². The van der Waals surface area contributed by atoms with Gasteiger partial charge in [-0.1, -0.05) is 40.9 Å². The SMILES string of the molecule is Oc1ccccc1NCCCCCCBr. The van der Waals surface area contributed by atoms with E-state index in [-0.39, 0.29) is 0 Å². The molecule has 84 valence electrons. The van der Waals surface area contributed by atoms with Crippen LogP contribution in [0.3, 0.4) is 0 Å². The Morgan fingerprint density at radius 2 is 1.80 bits per heavy atom. The van der Waals surface area contributed by atoms with E-state index in [0.29, 0.717) is 5.75 Å². The fourth-order valence-corrected chi connectivity index (χ4v) is 1.82. The van der Waals surface area contributed by atoms with Crippen LogP contribution in [-0.4, -0.2) is 17.0 Å². The molecule has 1 aromatic carbocycles. The molecule has 0 atom stereocenters. The highest BCUT2D eigenvalue weighted by Gasteiger charge is 1.97. The molecule has 0 fully saturated rings. The van der Waals surface area contributed by atoms with E-state index in [0.717, 1.165) is 24.0 Å². The van der Waals surface area contributed by atoms with Crippen LogP contribution < -0.4 is 5.32 Å². The van der Waals surface area contributed by atoms with Crippen LogP contribution in [-0.2, 0) is 0 Å². The molecule has 0 aliphatic rings. The molecular weight excluding hydrogens is 254 g/mol. The number of rotatable bonds is 7. The largest absolute Gasteiger partial charge is 0.506 e. The molecule has 0 aliphatic carbocycles.